The molecule has 1 saturated heterocycles. The summed E-state index contributed by atoms with van der Waals surface area (Å²) in [6.45, 7) is 2.58. The number of nitrogens with two attached hydrogens (primary N) is 1. The van der Waals surface area contributed by atoms with Gasteiger partial charge in [0.15, 0.2) is 0 Å². The molecule has 5 heteroatoms. The predicted octanol–water partition coefficient (Wildman–Crippen LogP) is 2.61. The molecule has 1 heterocycles. The zero-order valence-corrected chi connectivity index (χ0v) is 13.7. The summed E-state index contributed by atoms with van der Waals surface area (Å²) in [5.74, 6) is -0.218. The van der Waals surface area contributed by atoms with E-state index in [0.717, 1.165) is 18.7 Å². The van der Waals surface area contributed by atoms with E-state index in [0.29, 0.717) is 17.1 Å². The molecule has 2 rings (SSSR count). The summed E-state index contributed by atoms with van der Waals surface area (Å²) in [7, 11) is 4.18. The van der Waals surface area contributed by atoms with Gasteiger partial charge in [0, 0.05) is 25.2 Å². The normalized spacial score (nSPS) is 21.6. The third-order valence-corrected chi connectivity index (χ3v) is 4.59. The van der Waals surface area contributed by atoms with Crippen LogP contribution in [0, 0.1) is 5.82 Å². The van der Waals surface area contributed by atoms with Crippen LogP contribution in [-0.2, 0) is 0 Å². The lowest BCUT2D eigenvalue weighted by Gasteiger charge is -2.34. The second-order valence-corrected chi connectivity index (χ2v) is 6.58. The van der Waals surface area contributed by atoms with E-state index < -0.39 is 0 Å². The van der Waals surface area contributed by atoms with Crippen LogP contribution in [-0.4, -0.2) is 49.6 Å². The van der Waals surface area contributed by atoms with E-state index in [2.05, 4.69) is 39.8 Å². The van der Waals surface area contributed by atoms with E-state index >= 15 is 0 Å². The first-order valence-corrected chi connectivity index (χ1v) is 7.87. The number of hydrogen-bond donors (Lipinski definition) is 1. The summed E-state index contributed by atoms with van der Waals surface area (Å²) >= 11 is 3.20. The first-order valence-electron chi connectivity index (χ1n) is 7.08. The third kappa shape index (κ3) is 3.58. The van der Waals surface area contributed by atoms with Gasteiger partial charge in [0.2, 0.25) is 0 Å². The van der Waals surface area contributed by atoms with Gasteiger partial charge in [-0.15, -0.1) is 0 Å². The minimum Gasteiger partial charge on any atom is -0.329 e. The quantitative estimate of drug-likeness (QED) is 0.891. The van der Waals surface area contributed by atoms with E-state index in [1.54, 1.807) is 12.1 Å². The number of halogens is 2. The largest absolute Gasteiger partial charge is 0.329 e. The lowest BCUT2D eigenvalue weighted by molar-refractivity contribution is 0.155. The highest BCUT2D eigenvalue weighted by Crippen LogP contribution is 2.30. The van der Waals surface area contributed by atoms with Crippen molar-refractivity contribution in [2.75, 3.05) is 33.7 Å². The molecule has 1 aromatic rings. The monoisotopic (exact) mass is 343 g/mol. The van der Waals surface area contributed by atoms with E-state index in [4.69, 9.17) is 5.73 Å². The third-order valence-electron chi connectivity index (χ3n) is 3.95. The molecule has 0 spiro atoms. The Morgan fingerprint density at radius 3 is 2.85 bits per heavy atom. The lowest BCUT2D eigenvalue weighted by Crippen LogP contribution is -2.42. The molecule has 1 fully saturated rings. The summed E-state index contributed by atoms with van der Waals surface area (Å²) in [5, 5.41) is 0. The zero-order valence-electron chi connectivity index (χ0n) is 12.1. The Hall–Kier alpha value is -0.490. The van der Waals surface area contributed by atoms with E-state index in [1.807, 2.05) is 6.07 Å². The average molecular weight is 344 g/mol. The first kappa shape index (κ1) is 15.9. The molecule has 0 radical (unpaired) electrons. The molecule has 3 nitrogen and oxygen atoms in total. The van der Waals surface area contributed by atoms with Gasteiger partial charge in [0.1, 0.15) is 5.82 Å². The summed E-state index contributed by atoms with van der Waals surface area (Å²) in [6, 6.07) is 5.95. The van der Waals surface area contributed by atoms with Crippen molar-refractivity contribution in [3.63, 3.8) is 0 Å². The lowest BCUT2D eigenvalue weighted by atomic mass is 10.0. The smallest absolute Gasteiger partial charge is 0.137 e. The van der Waals surface area contributed by atoms with Crippen LogP contribution in [0.2, 0.25) is 0 Å². The van der Waals surface area contributed by atoms with Crippen molar-refractivity contribution in [1.82, 2.24) is 9.80 Å². The highest BCUT2D eigenvalue weighted by atomic mass is 79.9. The SMILES string of the molecule is CN(C)CC1CCCN1C(CN)c1ccc(Br)c(F)c1. The molecule has 2 unspecified atom stereocenters. The van der Waals surface area contributed by atoms with Gasteiger partial charge in [-0.2, -0.15) is 0 Å². The molecule has 20 heavy (non-hydrogen) atoms. The number of nitrogens with zero attached hydrogens (tertiary/aromatic N) is 2. The van der Waals surface area contributed by atoms with Crippen molar-refractivity contribution >= 4 is 15.9 Å². The maximum atomic E-state index is 13.8. The Bertz CT molecular complexity index is 453. The first-order chi connectivity index (χ1) is 9.52. The molecule has 1 aromatic carbocycles. The Balaban J connectivity index is 2.20. The molecule has 0 aromatic heterocycles. The highest BCUT2D eigenvalue weighted by Gasteiger charge is 2.31. The van der Waals surface area contributed by atoms with Crippen LogP contribution in [0.25, 0.3) is 0 Å². The van der Waals surface area contributed by atoms with Crippen molar-refractivity contribution in [3.8, 4) is 0 Å². The van der Waals surface area contributed by atoms with Crippen molar-refractivity contribution < 1.29 is 4.39 Å². The molecular formula is C15H23BrFN3. The molecule has 0 saturated carbocycles. The zero-order chi connectivity index (χ0) is 14.7. The van der Waals surface area contributed by atoms with E-state index in [-0.39, 0.29) is 11.9 Å². The topological polar surface area (TPSA) is 32.5 Å². The van der Waals surface area contributed by atoms with Gasteiger partial charge in [-0.05, 0) is 67.1 Å². The van der Waals surface area contributed by atoms with Crippen LogP contribution in [0.1, 0.15) is 24.4 Å². The van der Waals surface area contributed by atoms with Gasteiger partial charge in [0.05, 0.1) is 4.47 Å². The molecule has 2 atom stereocenters. The molecule has 0 bridgehead atoms. The Morgan fingerprint density at radius 2 is 2.25 bits per heavy atom. The Kier molecular flexibility index (Phi) is 5.55. The molecule has 112 valence electrons. The van der Waals surface area contributed by atoms with E-state index in [9.17, 15) is 4.39 Å². The van der Waals surface area contributed by atoms with Crippen LogP contribution in [0.4, 0.5) is 4.39 Å². The van der Waals surface area contributed by atoms with Crippen LogP contribution in [0.3, 0.4) is 0 Å². The van der Waals surface area contributed by atoms with Crippen molar-refractivity contribution in [2.45, 2.75) is 24.9 Å². The van der Waals surface area contributed by atoms with Crippen molar-refractivity contribution in [2.24, 2.45) is 5.73 Å². The second-order valence-electron chi connectivity index (χ2n) is 5.72. The van der Waals surface area contributed by atoms with Gasteiger partial charge in [-0.3, -0.25) is 4.90 Å². The predicted molar refractivity (Wildman–Crippen MR) is 84.2 cm³/mol. The number of rotatable bonds is 5. The Labute approximate surface area is 129 Å². The summed E-state index contributed by atoms with van der Waals surface area (Å²) < 4.78 is 14.3. The molecule has 0 aliphatic carbocycles. The highest BCUT2D eigenvalue weighted by molar-refractivity contribution is 9.10. The maximum absolute atomic E-state index is 13.8. The fraction of sp³-hybridized carbons (Fsp3) is 0.600. The van der Waals surface area contributed by atoms with Crippen LogP contribution in [0.15, 0.2) is 22.7 Å². The van der Waals surface area contributed by atoms with Crippen molar-refractivity contribution in [1.29, 1.82) is 0 Å². The average Bonchev–Trinajstić information content (AvgIpc) is 2.82. The molecular weight excluding hydrogens is 321 g/mol. The van der Waals surface area contributed by atoms with Crippen LogP contribution < -0.4 is 5.73 Å². The summed E-state index contributed by atoms with van der Waals surface area (Å²) in [6.07, 6.45) is 2.38. The van der Waals surface area contributed by atoms with Crippen LogP contribution in [0.5, 0.6) is 0 Å². The van der Waals surface area contributed by atoms with Gasteiger partial charge in [0.25, 0.3) is 0 Å². The summed E-state index contributed by atoms with van der Waals surface area (Å²) in [4.78, 5) is 4.64. The second kappa shape index (κ2) is 6.98. The minimum absolute atomic E-state index is 0.102. The van der Waals surface area contributed by atoms with Gasteiger partial charge < -0.3 is 10.6 Å². The minimum atomic E-state index is -0.218. The number of likely N-dealkylation sites (tertiary alicyclic amines) is 1. The van der Waals surface area contributed by atoms with Gasteiger partial charge in [-0.1, -0.05) is 6.07 Å². The molecule has 1 aliphatic rings. The van der Waals surface area contributed by atoms with Crippen molar-refractivity contribution in [3.05, 3.63) is 34.1 Å². The molecule has 1 aliphatic heterocycles. The number of benzene rings is 1. The van der Waals surface area contributed by atoms with Gasteiger partial charge >= 0.3 is 0 Å². The van der Waals surface area contributed by atoms with Gasteiger partial charge in [-0.25, -0.2) is 4.39 Å². The maximum Gasteiger partial charge on any atom is 0.137 e. The molecule has 0 amide bonds. The fourth-order valence-corrected chi connectivity index (χ4v) is 3.32. The molecule has 2 N–H and O–H groups in total. The van der Waals surface area contributed by atoms with E-state index in [1.165, 1.54) is 12.8 Å². The fourth-order valence-electron chi connectivity index (χ4n) is 3.07. The number of hydrogen-bond acceptors (Lipinski definition) is 3. The Morgan fingerprint density at radius 1 is 1.50 bits per heavy atom. The number of likely N-dealkylation sites (N-methyl/N-ethyl adjacent to an activating group) is 1. The summed E-state index contributed by atoms with van der Waals surface area (Å²) in [5.41, 5.74) is 6.95. The standard InChI is InChI=1S/C15H23BrFN3/c1-19(2)10-12-4-3-7-20(12)15(9-18)11-5-6-13(16)14(17)8-11/h5-6,8,12,15H,3-4,7,9-10,18H2,1-2H3. The van der Waals surface area contributed by atoms with Crippen LogP contribution >= 0.6 is 15.9 Å².